The SMILES string of the molecule is C=C.C=C(C)C(=C/C1CCCC1)/C(/C=N\C(C)SCCC)=C/C. The lowest BCUT2D eigenvalue weighted by molar-refractivity contribution is 0.682. The van der Waals surface area contributed by atoms with Crippen molar-refractivity contribution in [3.8, 4) is 0 Å². The minimum Gasteiger partial charge on any atom is -0.279 e. The number of hydrogen-bond acceptors (Lipinski definition) is 2. The Morgan fingerprint density at radius 1 is 1.30 bits per heavy atom. The van der Waals surface area contributed by atoms with E-state index >= 15 is 0 Å². The summed E-state index contributed by atoms with van der Waals surface area (Å²) in [5.41, 5.74) is 3.66. The molecule has 1 aliphatic rings. The van der Waals surface area contributed by atoms with Gasteiger partial charge in [0.2, 0.25) is 0 Å². The first-order valence-corrected chi connectivity index (χ1v) is 9.82. The first-order valence-electron chi connectivity index (χ1n) is 8.77. The van der Waals surface area contributed by atoms with E-state index in [0.29, 0.717) is 5.37 Å². The molecule has 1 saturated carbocycles. The van der Waals surface area contributed by atoms with Crippen LogP contribution in [0.2, 0.25) is 0 Å². The Balaban J connectivity index is 0.00000232. The van der Waals surface area contributed by atoms with Gasteiger partial charge in [-0.2, -0.15) is 0 Å². The number of hydrogen-bond donors (Lipinski definition) is 0. The van der Waals surface area contributed by atoms with Crippen molar-refractivity contribution in [1.82, 2.24) is 0 Å². The standard InChI is InChI=1S/C19H31NS.C2H4/c1-6-12-21-16(5)20-14-18(7-2)19(15(3)4)13-17-10-8-9-11-17;1-2/h7,13-14,16-17H,3,6,8-12H2,1-2,4-5H3;1-2H2/b18-7+,19-13-,20-14-;. The highest BCUT2D eigenvalue weighted by atomic mass is 32.2. The lowest BCUT2D eigenvalue weighted by Crippen LogP contribution is -2.00. The monoisotopic (exact) mass is 333 g/mol. The van der Waals surface area contributed by atoms with Crippen LogP contribution in [0.3, 0.4) is 0 Å². The van der Waals surface area contributed by atoms with Gasteiger partial charge in [-0.3, -0.25) is 4.99 Å². The van der Waals surface area contributed by atoms with Crippen LogP contribution in [0.4, 0.5) is 0 Å². The van der Waals surface area contributed by atoms with Gasteiger partial charge in [0.25, 0.3) is 0 Å². The number of thioether (sulfide) groups is 1. The largest absolute Gasteiger partial charge is 0.279 e. The van der Waals surface area contributed by atoms with Crippen LogP contribution in [-0.4, -0.2) is 17.3 Å². The summed E-state index contributed by atoms with van der Waals surface area (Å²) >= 11 is 1.91. The molecule has 1 unspecified atom stereocenters. The molecular weight excluding hydrogens is 298 g/mol. The van der Waals surface area contributed by atoms with Crippen molar-refractivity contribution < 1.29 is 0 Å². The van der Waals surface area contributed by atoms with E-state index in [0.717, 1.165) is 11.5 Å². The average Bonchev–Trinajstić information content (AvgIpc) is 3.07. The van der Waals surface area contributed by atoms with Gasteiger partial charge in [-0.15, -0.1) is 24.9 Å². The van der Waals surface area contributed by atoms with E-state index in [9.17, 15) is 0 Å². The summed E-state index contributed by atoms with van der Waals surface area (Å²) in [6.45, 7) is 18.7. The van der Waals surface area contributed by atoms with Crippen molar-refractivity contribution >= 4 is 18.0 Å². The molecule has 130 valence electrons. The lowest BCUT2D eigenvalue weighted by atomic mass is 9.94. The normalized spacial score (nSPS) is 17.9. The van der Waals surface area contributed by atoms with Crippen molar-refractivity contribution in [2.75, 3.05) is 5.75 Å². The predicted octanol–water partition coefficient (Wildman–Crippen LogP) is 6.99. The molecule has 0 aliphatic heterocycles. The van der Waals surface area contributed by atoms with Crippen molar-refractivity contribution in [2.24, 2.45) is 10.9 Å². The zero-order chi connectivity index (χ0) is 17.7. The van der Waals surface area contributed by atoms with E-state index < -0.39 is 0 Å². The van der Waals surface area contributed by atoms with Crippen molar-refractivity contribution in [3.05, 3.63) is 48.6 Å². The second-order valence-corrected chi connectivity index (χ2v) is 7.32. The smallest absolute Gasteiger partial charge is 0.0923 e. The Kier molecular flexibility index (Phi) is 12.8. The molecular formula is C21H35NS. The van der Waals surface area contributed by atoms with Gasteiger partial charge in [-0.25, -0.2) is 0 Å². The molecule has 0 aromatic carbocycles. The van der Waals surface area contributed by atoms with Gasteiger partial charge in [0.15, 0.2) is 0 Å². The van der Waals surface area contributed by atoms with Crippen LogP contribution in [0, 0.1) is 5.92 Å². The number of rotatable bonds is 8. The number of allylic oxidation sites excluding steroid dienone is 5. The lowest BCUT2D eigenvalue weighted by Gasteiger charge is -2.12. The van der Waals surface area contributed by atoms with Crippen LogP contribution >= 0.6 is 11.8 Å². The van der Waals surface area contributed by atoms with Gasteiger partial charge in [0.1, 0.15) is 0 Å². The Bertz CT molecular complexity index is 425. The van der Waals surface area contributed by atoms with Gasteiger partial charge in [0, 0.05) is 6.21 Å². The Labute approximate surface area is 148 Å². The topological polar surface area (TPSA) is 12.4 Å². The van der Waals surface area contributed by atoms with E-state index in [2.05, 4.69) is 59.6 Å². The van der Waals surface area contributed by atoms with Crippen LogP contribution in [-0.2, 0) is 0 Å². The average molecular weight is 334 g/mol. The third-order valence-corrected chi connectivity index (χ3v) is 5.12. The Morgan fingerprint density at radius 2 is 1.91 bits per heavy atom. The maximum absolute atomic E-state index is 4.70. The second kappa shape index (κ2) is 13.4. The van der Waals surface area contributed by atoms with Crippen LogP contribution in [0.15, 0.2) is 53.6 Å². The van der Waals surface area contributed by atoms with E-state index in [1.54, 1.807) is 0 Å². The Hall–Kier alpha value is -1.02. The van der Waals surface area contributed by atoms with Crippen LogP contribution in [0.25, 0.3) is 0 Å². The maximum atomic E-state index is 4.70. The van der Waals surface area contributed by atoms with Gasteiger partial charge >= 0.3 is 0 Å². The van der Waals surface area contributed by atoms with Gasteiger partial charge < -0.3 is 0 Å². The summed E-state index contributed by atoms with van der Waals surface area (Å²) in [7, 11) is 0. The second-order valence-electron chi connectivity index (χ2n) is 5.90. The molecule has 0 saturated heterocycles. The molecule has 0 spiro atoms. The molecule has 23 heavy (non-hydrogen) atoms. The third kappa shape index (κ3) is 9.00. The van der Waals surface area contributed by atoms with E-state index in [4.69, 9.17) is 4.99 Å². The highest BCUT2D eigenvalue weighted by Crippen LogP contribution is 2.30. The van der Waals surface area contributed by atoms with Gasteiger partial charge in [0.05, 0.1) is 5.37 Å². The summed E-state index contributed by atoms with van der Waals surface area (Å²) in [5.74, 6) is 1.90. The summed E-state index contributed by atoms with van der Waals surface area (Å²) < 4.78 is 0. The summed E-state index contributed by atoms with van der Waals surface area (Å²) in [6.07, 6.45) is 13.2. The first kappa shape index (κ1) is 22.0. The summed E-state index contributed by atoms with van der Waals surface area (Å²) in [5, 5.41) is 0.331. The molecule has 0 N–H and O–H groups in total. The van der Waals surface area contributed by atoms with Crippen LogP contribution in [0.1, 0.15) is 59.8 Å². The summed E-state index contributed by atoms with van der Waals surface area (Å²) in [4.78, 5) is 4.70. The molecule has 0 aromatic rings. The highest BCUT2D eigenvalue weighted by molar-refractivity contribution is 7.99. The van der Waals surface area contributed by atoms with E-state index in [1.807, 2.05) is 18.0 Å². The molecule has 0 heterocycles. The molecule has 0 aromatic heterocycles. The molecule has 1 fully saturated rings. The maximum Gasteiger partial charge on any atom is 0.0923 e. The predicted molar refractivity (Wildman–Crippen MR) is 111 cm³/mol. The minimum absolute atomic E-state index is 0.331. The minimum atomic E-state index is 0.331. The van der Waals surface area contributed by atoms with Crippen molar-refractivity contribution in [1.29, 1.82) is 0 Å². The zero-order valence-corrected chi connectivity index (χ0v) is 16.4. The fourth-order valence-corrected chi connectivity index (χ4v) is 3.38. The zero-order valence-electron chi connectivity index (χ0n) is 15.6. The number of nitrogens with zero attached hydrogens (tertiary/aromatic N) is 1. The van der Waals surface area contributed by atoms with Gasteiger partial charge in [-0.1, -0.05) is 44.1 Å². The molecule has 1 aliphatic carbocycles. The van der Waals surface area contributed by atoms with Crippen LogP contribution < -0.4 is 0 Å². The third-order valence-electron chi connectivity index (χ3n) is 3.87. The molecule has 1 rings (SSSR count). The molecule has 0 amide bonds. The van der Waals surface area contributed by atoms with Crippen molar-refractivity contribution in [2.45, 2.75) is 65.2 Å². The Morgan fingerprint density at radius 3 is 2.39 bits per heavy atom. The number of aliphatic imine (C=N–C) groups is 1. The molecule has 0 radical (unpaired) electrons. The van der Waals surface area contributed by atoms with Crippen molar-refractivity contribution in [3.63, 3.8) is 0 Å². The molecule has 1 atom stereocenters. The fourth-order valence-electron chi connectivity index (χ4n) is 2.66. The van der Waals surface area contributed by atoms with E-state index in [-0.39, 0.29) is 0 Å². The van der Waals surface area contributed by atoms with E-state index in [1.165, 1.54) is 49.0 Å². The molecule has 1 nitrogen and oxygen atoms in total. The van der Waals surface area contributed by atoms with Crippen LogP contribution in [0.5, 0.6) is 0 Å². The first-order chi connectivity index (χ1) is 11.1. The molecule has 2 heteroatoms. The van der Waals surface area contributed by atoms with Gasteiger partial charge in [-0.05, 0) is 62.9 Å². The highest BCUT2D eigenvalue weighted by Gasteiger charge is 2.15. The quantitative estimate of drug-likeness (QED) is 0.265. The molecule has 0 bridgehead atoms. The fraction of sp³-hybridized carbons (Fsp3) is 0.571. The summed E-state index contributed by atoms with van der Waals surface area (Å²) in [6, 6.07) is 0.